The minimum Gasteiger partial charge on any atom is -0.459 e. The number of carbonyl (C=O) groups is 2. The summed E-state index contributed by atoms with van der Waals surface area (Å²) in [6, 6.07) is 3.40. The first-order valence-electron chi connectivity index (χ1n) is 7.78. The summed E-state index contributed by atoms with van der Waals surface area (Å²) in [7, 11) is 0. The van der Waals surface area contributed by atoms with Crippen LogP contribution >= 0.6 is 0 Å². The van der Waals surface area contributed by atoms with Crippen LogP contribution in [-0.2, 0) is 4.79 Å². The van der Waals surface area contributed by atoms with Gasteiger partial charge in [-0.3, -0.25) is 9.59 Å². The van der Waals surface area contributed by atoms with Crippen molar-refractivity contribution in [1.82, 2.24) is 9.80 Å². The molecule has 1 aromatic heterocycles. The molecule has 0 aromatic carbocycles. The molecular formula is C16H24N2O3. The average molecular weight is 292 g/mol. The lowest BCUT2D eigenvalue weighted by atomic mass is 10.0. The minimum absolute atomic E-state index is 0.0863. The first-order valence-corrected chi connectivity index (χ1v) is 7.78. The second-order valence-corrected chi connectivity index (χ2v) is 5.46. The first kappa shape index (κ1) is 15.6. The molecule has 0 saturated carbocycles. The molecule has 2 amide bonds. The van der Waals surface area contributed by atoms with Gasteiger partial charge in [-0.1, -0.05) is 13.8 Å². The van der Waals surface area contributed by atoms with Crippen molar-refractivity contribution in [2.75, 3.05) is 26.2 Å². The van der Waals surface area contributed by atoms with E-state index < -0.39 is 0 Å². The number of hydrogen-bond donors (Lipinski definition) is 0. The predicted octanol–water partition coefficient (Wildman–Crippen LogP) is 2.39. The highest BCUT2D eigenvalue weighted by atomic mass is 16.3. The van der Waals surface area contributed by atoms with Crippen molar-refractivity contribution in [3.63, 3.8) is 0 Å². The maximum absolute atomic E-state index is 12.4. The molecule has 1 aliphatic rings. The van der Waals surface area contributed by atoms with Crippen molar-refractivity contribution in [3.8, 4) is 0 Å². The molecule has 0 atom stereocenters. The standard InChI is InChI=1S/C16H24N2O3/c1-3-13(4-2)15(19)17-8-6-9-18(11-10-17)16(20)14-7-5-12-21-14/h5,7,12-13H,3-4,6,8-11H2,1-2H3. The Morgan fingerprint density at radius 1 is 1.14 bits per heavy atom. The number of hydrogen-bond acceptors (Lipinski definition) is 3. The second-order valence-electron chi connectivity index (χ2n) is 5.46. The zero-order valence-corrected chi connectivity index (χ0v) is 12.9. The van der Waals surface area contributed by atoms with Crippen molar-refractivity contribution in [3.05, 3.63) is 24.2 Å². The number of furan rings is 1. The van der Waals surface area contributed by atoms with Gasteiger partial charge in [-0.2, -0.15) is 0 Å². The first-order chi connectivity index (χ1) is 10.2. The van der Waals surface area contributed by atoms with Crippen LogP contribution in [0.5, 0.6) is 0 Å². The largest absolute Gasteiger partial charge is 0.459 e. The molecule has 1 aromatic rings. The summed E-state index contributed by atoms with van der Waals surface area (Å²) in [5, 5.41) is 0. The van der Waals surface area contributed by atoms with Crippen LogP contribution in [-0.4, -0.2) is 47.8 Å². The Labute approximate surface area is 125 Å². The third-order valence-electron chi connectivity index (χ3n) is 4.16. The molecule has 0 unspecified atom stereocenters. The Hall–Kier alpha value is -1.78. The van der Waals surface area contributed by atoms with Crippen LogP contribution in [0.2, 0.25) is 0 Å². The van der Waals surface area contributed by atoms with Gasteiger partial charge < -0.3 is 14.2 Å². The smallest absolute Gasteiger partial charge is 0.289 e. The van der Waals surface area contributed by atoms with E-state index in [1.54, 1.807) is 17.0 Å². The summed E-state index contributed by atoms with van der Waals surface area (Å²) in [5.41, 5.74) is 0. The van der Waals surface area contributed by atoms with Gasteiger partial charge >= 0.3 is 0 Å². The maximum atomic E-state index is 12.4. The molecule has 116 valence electrons. The van der Waals surface area contributed by atoms with Crippen molar-refractivity contribution in [2.45, 2.75) is 33.1 Å². The maximum Gasteiger partial charge on any atom is 0.289 e. The van der Waals surface area contributed by atoms with E-state index in [1.165, 1.54) is 6.26 Å². The summed E-state index contributed by atoms with van der Waals surface area (Å²) < 4.78 is 5.16. The fraction of sp³-hybridized carbons (Fsp3) is 0.625. The molecule has 0 bridgehead atoms. The summed E-state index contributed by atoms with van der Waals surface area (Å²) in [5.74, 6) is 0.622. The number of rotatable bonds is 4. The lowest BCUT2D eigenvalue weighted by molar-refractivity contribution is -0.135. The molecule has 1 saturated heterocycles. The highest BCUT2D eigenvalue weighted by Crippen LogP contribution is 2.15. The van der Waals surface area contributed by atoms with E-state index in [1.807, 2.05) is 4.90 Å². The molecule has 5 nitrogen and oxygen atoms in total. The second kappa shape index (κ2) is 7.29. The van der Waals surface area contributed by atoms with Gasteiger partial charge in [0.05, 0.1) is 6.26 Å². The van der Waals surface area contributed by atoms with Crippen LogP contribution in [0.4, 0.5) is 0 Å². The Bertz CT molecular complexity index is 466. The monoisotopic (exact) mass is 292 g/mol. The van der Waals surface area contributed by atoms with Gasteiger partial charge in [0.2, 0.25) is 5.91 Å². The van der Waals surface area contributed by atoms with Crippen molar-refractivity contribution in [1.29, 1.82) is 0 Å². The molecule has 2 heterocycles. The average Bonchev–Trinajstić information content (AvgIpc) is 2.92. The summed E-state index contributed by atoms with van der Waals surface area (Å²) >= 11 is 0. The fourth-order valence-electron chi connectivity index (χ4n) is 2.79. The van der Waals surface area contributed by atoms with Gasteiger partial charge in [0.1, 0.15) is 0 Å². The summed E-state index contributed by atoms with van der Waals surface area (Å²) in [6.45, 7) is 6.70. The molecule has 0 aliphatic carbocycles. The summed E-state index contributed by atoms with van der Waals surface area (Å²) in [4.78, 5) is 28.4. The van der Waals surface area contributed by atoms with Gasteiger partial charge in [-0.15, -0.1) is 0 Å². The lowest BCUT2D eigenvalue weighted by Gasteiger charge is -2.25. The van der Waals surface area contributed by atoms with Gasteiger partial charge in [-0.25, -0.2) is 0 Å². The lowest BCUT2D eigenvalue weighted by Crippen LogP contribution is -2.39. The fourth-order valence-corrected chi connectivity index (χ4v) is 2.79. The van der Waals surface area contributed by atoms with E-state index >= 15 is 0 Å². The Kier molecular flexibility index (Phi) is 5.42. The Morgan fingerprint density at radius 3 is 2.43 bits per heavy atom. The van der Waals surface area contributed by atoms with E-state index in [9.17, 15) is 9.59 Å². The third-order valence-corrected chi connectivity index (χ3v) is 4.16. The van der Waals surface area contributed by atoms with Crippen molar-refractivity contribution >= 4 is 11.8 Å². The van der Waals surface area contributed by atoms with E-state index in [4.69, 9.17) is 4.42 Å². The number of amides is 2. The van der Waals surface area contributed by atoms with Gasteiger partial charge in [0.15, 0.2) is 5.76 Å². The third kappa shape index (κ3) is 3.65. The minimum atomic E-state index is -0.0863. The van der Waals surface area contributed by atoms with Crippen molar-refractivity contribution in [2.24, 2.45) is 5.92 Å². The topological polar surface area (TPSA) is 53.8 Å². The molecule has 21 heavy (non-hydrogen) atoms. The molecule has 1 aliphatic heterocycles. The molecule has 2 rings (SSSR count). The highest BCUT2D eigenvalue weighted by Gasteiger charge is 2.26. The number of carbonyl (C=O) groups excluding carboxylic acids is 2. The normalized spacial score (nSPS) is 16.1. The van der Waals surface area contributed by atoms with Gasteiger partial charge in [0, 0.05) is 32.1 Å². The molecule has 1 fully saturated rings. The Morgan fingerprint density at radius 2 is 1.81 bits per heavy atom. The van der Waals surface area contributed by atoms with E-state index in [-0.39, 0.29) is 17.7 Å². The van der Waals surface area contributed by atoms with Crippen LogP contribution in [0.1, 0.15) is 43.7 Å². The summed E-state index contributed by atoms with van der Waals surface area (Å²) in [6.07, 6.45) is 4.08. The van der Waals surface area contributed by atoms with Crippen LogP contribution in [0.15, 0.2) is 22.8 Å². The van der Waals surface area contributed by atoms with Crippen LogP contribution in [0, 0.1) is 5.92 Å². The SMILES string of the molecule is CCC(CC)C(=O)N1CCCN(C(=O)c2ccco2)CC1. The van der Waals surface area contributed by atoms with Crippen LogP contribution in [0.3, 0.4) is 0 Å². The van der Waals surface area contributed by atoms with Crippen LogP contribution < -0.4 is 0 Å². The molecule has 0 N–H and O–H groups in total. The number of nitrogens with zero attached hydrogens (tertiary/aromatic N) is 2. The van der Waals surface area contributed by atoms with E-state index in [2.05, 4.69) is 13.8 Å². The van der Waals surface area contributed by atoms with Crippen LogP contribution in [0.25, 0.3) is 0 Å². The zero-order valence-electron chi connectivity index (χ0n) is 12.9. The highest BCUT2D eigenvalue weighted by molar-refractivity contribution is 5.91. The van der Waals surface area contributed by atoms with Gasteiger partial charge in [0.25, 0.3) is 5.91 Å². The van der Waals surface area contributed by atoms with E-state index in [0.29, 0.717) is 25.4 Å². The van der Waals surface area contributed by atoms with Crippen molar-refractivity contribution < 1.29 is 14.0 Å². The zero-order chi connectivity index (χ0) is 15.2. The Balaban J connectivity index is 1.96. The molecule has 0 spiro atoms. The molecular weight excluding hydrogens is 268 g/mol. The quantitative estimate of drug-likeness (QED) is 0.856. The predicted molar refractivity (Wildman–Crippen MR) is 79.9 cm³/mol. The van der Waals surface area contributed by atoms with Gasteiger partial charge in [-0.05, 0) is 31.4 Å². The van der Waals surface area contributed by atoms with E-state index in [0.717, 1.165) is 25.8 Å². The molecule has 0 radical (unpaired) electrons. The molecule has 5 heteroatoms.